The number of allylic oxidation sites excluding steroid dienone is 3. The second kappa shape index (κ2) is 9.52. The standard InChI is InChI=1S/C21H30FN3/c1-4-16(3)21(25-12-10-20(22)15-25)24-14-18(5-2)19-8-6-7-17(13-19)9-11-23/h5-8,13-14,20H,4,9-12,15,23H2,1-3H3/b18-5+,21-16-,24-14-. The average Bonchev–Trinajstić information content (AvgIpc) is 3.05. The molecule has 4 heteroatoms. The molecule has 1 aromatic rings. The zero-order valence-corrected chi connectivity index (χ0v) is 15.6. The first kappa shape index (κ1) is 19.4. The fourth-order valence-electron chi connectivity index (χ4n) is 3.05. The maximum atomic E-state index is 13.6. The Kier molecular flexibility index (Phi) is 7.38. The summed E-state index contributed by atoms with van der Waals surface area (Å²) in [6.07, 6.45) is 5.59. The molecule has 1 unspecified atom stereocenters. The Bertz CT molecular complexity index is 661. The van der Waals surface area contributed by atoms with E-state index in [1.165, 1.54) is 11.1 Å². The van der Waals surface area contributed by atoms with Gasteiger partial charge in [-0.25, -0.2) is 9.38 Å². The van der Waals surface area contributed by atoms with Crippen molar-refractivity contribution in [2.75, 3.05) is 19.6 Å². The van der Waals surface area contributed by atoms with Gasteiger partial charge in [-0.15, -0.1) is 0 Å². The van der Waals surface area contributed by atoms with E-state index in [0.29, 0.717) is 19.5 Å². The van der Waals surface area contributed by atoms with Crippen LogP contribution in [0.1, 0.15) is 44.7 Å². The lowest BCUT2D eigenvalue weighted by Crippen LogP contribution is -2.20. The molecule has 0 radical (unpaired) electrons. The number of likely N-dealkylation sites (tertiary alicyclic amines) is 1. The normalized spacial score (nSPS) is 19.6. The molecule has 25 heavy (non-hydrogen) atoms. The fraction of sp³-hybridized carbons (Fsp3) is 0.476. The summed E-state index contributed by atoms with van der Waals surface area (Å²) in [4.78, 5) is 6.82. The van der Waals surface area contributed by atoms with Crippen molar-refractivity contribution < 1.29 is 4.39 Å². The lowest BCUT2D eigenvalue weighted by Gasteiger charge is -2.20. The summed E-state index contributed by atoms with van der Waals surface area (Å²) in [5, 5.41) is 0. The Morgan fingerprint density at radius 3 is 2.84 bits per heavy atom. The van der Waals surface area contributed by atoms with Gasteiger partial charge in [-0.2, -0.15) is 0 Å². The van der Waals surface area contributed by atoms with Crippen LogP contribution in [0, 0.1) is 0 Å². The van der Waals surface area contributed by atoms with Gasteiger partial charge < -0.3 is 10.6 Å². The molecule has 0 bridgehead atoms. The van der Waals surface area contributed by atoms with Gasteiger partial charge in [0.05, 0.1) is 6.54 Å². The SMILES string of the molecule is C\C=C(/C=N\C(=C(/C)CC)N1CCC(F)C1)c1cccc(CCN)c1. The van der Waals surface area contributed by atoms with Gasteiger partial charge in [-0.1, -0.05) is 37.3 Å². The summed E-state index contributed by atoms with van der Waals surface area (Å²) in [5.41, 5.74) is 10.3. The molecular weight excluding hydrogens is 313 g/mol. The van der Waals surface area contributed by atoms with E-state index in [9.17, 15) is 4.39 Å². The largest absolute Gasteiger partial charge is 0.354 e. The predicted octanol–water partition coefficient (Wildman–Crippen LogP) is 4.35. The van der Waals surface area contributed by atoms with Crippen LogP contribution < -0.4 is 5.73 Å². The van der Waals surface area contributed by atoms with E-state index in [4.69, 9.17) is 10.7 Å². The Balaban J connectivity index is 2.25. The average molecular weight is 343 g/mol. The summed E-state index contributed by atoms with van der Waals surface area (Å²) in [7, 11) is 0. The molecule has 0 aliphatic carbocycles. The van der Waals surface area contributed by atoms with E-state index in [1.807, 2.05) is 13.1 Å². The van der Waals surface area contributed by atoms with Crippen LogP contribution in [0.3, 0.4) is 0 Å². The van der Waals surface area contributed by atoms with E-state index in [2.05, 4.69) is 49.1 Å². The highest BCUT2D eigenvalue weighted by Crippen LogP contribution is 2.23. The highest BCUT2D eigenvalue weighted by Gasteiger charge is 2.24. The molecule has 0 saturated carbocycles. The van der Waals surface area contributed by atoms with Crippen molar-refractivity contribution in [3.8, 4) is 0 Å². The summed E-state index contributed by atoms with van der Waals surface area (Å²) in [6.45, 7) is 8.03. The maximum absolute atomic E-state index is 13.6. The van der Waals surface area contributed by atoms with Crippen LogP contribution in [0.25, 0.3) is 5.57 Å². The van der Waals surface area contributed by atoms with E-state index in [-0.39, 0.29) is 0 Å². The van der Waals surface area contributed by atoms with E-state index >= 15 is 0 Å². The van der Waals surface area contributed by atoms with Crippen LogP contribution in [-0.2, 0) is 6.42 Å². The van der Waals surface area contributed by atoms with Gasteiger partial charge >= 0.3 is 0 Å². The van der Waals surface area contributed by atoms with Crippen molar-refractivity contribution in [3.63, 3.8) is 0 Å². The Labute approximate surface area is 151 Å². The molecule has 3 nitrogen and oxygen atoms in total. The zero-order chi connectivity index (χ0) is 18.2. The van der Waals surface area contributed by atoms with Gasteiger partial charge in [0.1, 0.15) is 12.0 Å². The highest BCUT2D eigenvalue weighted by atomic mass is 19.1. The summed E-state index contributed by atoms with van der Waals surface area (Å²) in [5.74, 6) is 0.917. The molecule has 1 aromatic carbocycles. The van der Waals surface area contributed by atoms with Gasteiger partial charge in [0.2, 0.25) is 0 Å². The third-order valence-corrected chi connectivity index (χ3v) is 4.67. The number of rotatable bonds is 7. The molecular formula is C21H30FN3. The van der Waals surface area contributed by atoms with Crippen LogP contribution in [0.4, 0.5) is 4.39 Å². The van der Waals surface area contributed by atoms with Crippen molar-refractivity contribution in [2.24, 2.45) is 10.7 Å². The highest BCUT2D eigenvalue weighted by molar-refractivity contribution is 6.10. The fourth-order valence-corrected chi connectivity index (χ4v) is 3.05. The van der Waals surface area contributed by atoms with Crippen LogP contribution in [-0.4, -0.2) is 36.9 Å². The first-order valence-electron chi connectivity index (χ1n) is 9.17. The summed E-state index contributed by atoms with van der Waals surface area (Å²) in [6, 6.07) is 8.40. The van der Waals surface area contributed by atoms with Crippen molar-refractivity contribution in [1.29, 1.82) is 0 Å². The molecule has 2 rings (SSSR count). The second-order valence-electron chi connectivity index (χ2n) is 6.53. The number of benzene rings is 1. The molecule has 1 aliphatic heterocycles. The van der Waals surface area contributed by atoms with Crippen LogP contribution in [0.15, 0.2) is 46.7 Å². The Morgan fingerprint density at radius 2 is 2.24 bits per heavy atom. The quantitative estimate of drug-likeness (QED) is 0.748. The van der Waals surface area contributed by atoms with Crippen molar-refractivity contribution in [3.05, 3.63) is 52.9 Å². The first-order valence-corrected chi connectivity index (χ1v) is 9.17. The lowest BCUT2D eigenvalue weighted by molar-refractivity contribution is 0.321. The molecule has 2 N–H and O–H groups in total. The Morgan fingerprint density at radius 1 is 1.44 bits per heavy atom. The smallest absolute Gasteiger partial charge is 0.127 e. The van der Waals surface area contributed by atoms with Crippen LogP contribution >= 0.6 is 0 Å². The topological polar surface area (TPSA) is 41.6 Å². The van der Waals surface area contributed by atoms with E-state index in [0.717, 1.165) is 36.3 Å². The lowest BCUT2D eigenvalue weighted by atomic mass is 10.0. The van der Waals surface area contributed by atoms with Gasteiger partial charge in [0.15, 0.2) is 0 Å². The van der Waals surface area contributed by atoms with E-state index in [1.54, 1.807) is 0 Å². The Hall–Kier alpha value is -1.94. The number of aliphatic imine (C=N–C) groups is 1. The molecule has 0 aromatic heterocycles. The van der Waals surface area contributed by atoms with Gasteiger partial charge in [-0.3, -0.25) is 0 Å². The molecule has 1 atom stereocenters. The molecule has 1 heterocycles. The number of nitrogens with two attached hydrogens (primary N) is 1. The number of hydrogen-bond acceptors (Lipinski definition) is 3. The number of halogens is 1. The van der Waals surface area contributed by atoms with Crippen LogP contribution in [0.5, 0.6) is 0 Å². The predicted molar refractivity (Wildman–Crippen MR) is 105 cm³/mol. The molecule has 136 valence electrons. The monoisotopic (exact) mass is 343 g/mol. The maximum Gasteiger partial charge on any atom is 0.127 e. The van der Waals surface area contributed by atoms with Gasteiger partial charge in [0, 0.05) is 12.8 Å². The van der Waals surface area contributed by atoms with Crippen molar-refractivity contribution in [1.82, 2.24) is 4.90 Å². The molecule has 1 fully saturated rings. The third-order valence-electron chi connectivity index (χ3n) is 4.67. The zero-order valence-electron chi connectivity index (χ0n) is 15.6. The van der Waals surface area contributed by atoms with Gasteiger partial charge in [-0.05, 0) is 61.9 Å². The first-order chi connectivity index (χ1) is 12.1. The minimum atomic E-state index is -0.746. The van der Waals surface area contributed by atoms with Crippen LogP contribution in [0.2, 0.25) is 0 Å². The van der Waals surface area contributed by atoms with Crippen molar-refractivity contribution in [2.45, 2.75) is 46.2 Å². The number of alkyl halides is 1. The minimum Gasteiger partial charge on any atom is -0.354 e. The van der Waals surface area contributed by atoms with Gasteiger partial charge in [0.25, 0.3) is 0 Å². The third kappa shape index (κ3) is 5.27. The molecule has 0 spiro atoms. The minimum absolute atomic E-state index is 0.446. The molecule has 1 aliphatic rings. The molecule has 0 amide bonds. The summed E-state index contributed by atoms with van der Waals surface area (Å²) < 4.78 is 13.6. The number of hydrogen-bond donors (Lipinski definition) is 1. The molecule has 1 saturated heterocycles. The van der Waals surface area contributed by atoms with Crippen molar-refractivity contribution >= 4 is 11.8 Å². The second-order valence-corrected chi connectivity index (χ2v) is 6.53. The summed E-state index contributed by atoms with van der Waals surface area (Å²) >= 11 is 0. The number of nitrogens with zero attached hydrogens (tertiary/aromatic N) is 2. The van der Waals surface area contributed by atoms with E-state index < -0.39 is 6.17 Å².